The van der Waals surface area contributed by atoms with E-state index in [1.165, 1.54) is 11.3 Å². The Morgan fingerprint density at radius 3 is 3.00 bits per heavy atom. The topological polar surface area (TPSA) is 3.24 Å². The van der Waals surface area contributed by atoms with Crippen LogP contribution in [0.15, 0.2) is 49.3 Å². The van der Waals surface area contributed by atoms with Gasteiger partial charge in [0.1, 0.15) is 0 Å². The predicted octanol–water partition coefficient (Wildman–Crippen LogP) is 2.71. The van der Waals surface area contributed by atoms with Crippen molar-refractivity contribution >= 4 is 5.69 Å². The maximum absolute atomic E-state index is 3.76. The zero-order chi connectivity index (χ0) is 8.39. The van der Waals surface area contributed by atoms with Gasteiger partial charge in [-0.05, 0) is 18.1 Å². The molecule has 1 nitrogen and oxygen atoms in total. The van der Waals surface area contributed by atoms with Crippen molar-refractivity contribution in [2.45, 2.75) is 6.42 Å². The van der Waals surface area contributed by atoms with Crippen LogP contribution in [0.3, 0.4) is 0 Å². The first-order chi connectivity index (χ1) is 5.92. The van der Waals surface area contributed by atoms with Gasteiger partial charge in [0, 0.05) is 18.1 Å². The van der Waals surface area contributed by atoms with Crippen LogP contribution in [0.2, 0.25) is 0 Å². The molecule has 0 amide bonds. The lowest BCUT2D eigenvalue weighted by molar-refractivity contribution is 1.13. The lowest BCUT2D eigenvalue weighted by Gasteiger charge is -2.22. The maximum atomic E-state index is 3.76. The van der Waals surface area contributed by atoms with Gasteiger partial charge in [-0.3, -0.25) is 0 Å². The minimum absolute atomic E-state index is 1.03. The molecule has 0 radical (unpaired) electrons. The summed E-state index contributed by atoms with van der Waals surface area (Å²) in [6, 6.07) is 8.38. The van der Waals surface area contributed by atoms with E-state index in [1.807, 2.05) is 11.1 Å². The van der Waals surface area contributed by atoms with Crippen molar-refractivity contribution in [1.82, 2.24) is 0 Å². The number of nitrogens with zero attached hydrogens (tertiary/aromatic N) is 1. The molecule has 0 aliphatic carbocycles. The first-order valence-corrected chi connectivity index (χ1v) is 4.07. The molecule has 2 rings (SSSR count). The fourth-order valence-electron chi connectivity index (χ4n) is 1.47. The average Bonchev–Trinajstić information content (AvgIpc) is 2.17. The molecule has 0 bridgehead atoms. The Labute approximate surface area is 72.6 Å². The Kier molecular flexibility index (Phi) is 1.71. The van der Waals surface area contributed by atoms with Crippen molar-refractivity contribution in [3.05, 3.63) is 54.9 Å². The molecule has 1 heteroatoms. The van der Waals surface area contributed by atoms with E-state index in [0.29, 0.717) is 0 Å². The number of para-hydroxylation sites is 1. The first-order valence-electron chi connectivity index (χ1n) is 4.07. The van der Waals surface area contributed by atoms with Gasteiger partial charge in [0.05, 0.1) is 0 Å². The van der Waals surface area contributed by atoms with Gasteiger partial charge in [0.15, 0.2) is 0 Å². The second-order valence-corrected chi connectivity index (χ2v) is 2.81. The third-order valence-corrected chi connectivity index (χ3v) is 2.07. The molecule has 0 fully saturated rings. The zero-order valence-electron chi connectivity index (χ0n) is 6.90. The molecule has 0 unspecified atom stereocenters. The third kappa shape index (κ3) is 1.03. The molecule has 0 atom stereocenters. The van der Waals surface area contributed by atoms with E-state index < -0.39 is 0 Å². The first kappa shape index (κ1) is 7.17. The van der Waals surface area contributed by atoms with Gasteiger partial charge in [-0.2, -0.15) is 0 Å². The lowest BCUT2D eigenvalue weighted by Crippen LogP contribution is -2.11. The highest BCUT2D eigenvalue weighted by atomic mass is 15.1. The molecule has 12 heavy (non-hydrogen) atoms. The van der Waals surface area contributed by atoms with Crippen molar-refractivity contribution in [3.8, 4) is 0 Å². The Bertz CT molecular complexity index is 326. The summed E-state index contributed by atoms with van der Waals surface area (Å²) in [4.78, 5) is 2.04. The largest absolute Gasteiger partial charge is 0.324 e. The minimum Gasteiger partial charge on any atom is -0.324 e. The van der Waals surface area contributed by atoms with Crippen LogP contribution in [0.25, 0.3) is 0 Å². The summed E-state index contributed by atoms with van der Waals surface area (Å²) in [6.45, 7) is 3.76. The minimum atomic E-state index is 1.03. The number of fused-ring (bicyclic) bond motifs is 1. The molecular weight excluding hydrogens is 146 g/mol. The molecule has 0 saturated heterocycles. The predicted molar refractivity (Wildman–Crippen MR) is 52.0 cm³/mol. The zero-order valence-corrected chi connectivity index (χ0v) is 6.90. The van der Waals surface area contributed by atoms with Crippen LogP contribution in [-0.2, 0) is 6.42 Å². The van der Waals surface area contributed by atoms with Gasteiger partial charge in [-0.25, -0.2) is 0 Å². The van der Waals surface area contributed by atoms with E-state index in [0.717, 1.165) is 6.42 Å². The average molecular weight is 157 g/mol. The highest BCUT2D eigenvalue weighted by Gasteiger charge is 2.07. The van der Waals surface area contributed by atoms with Gasteiger partial charge in [0.2, 0.25) is 0 Å². The number of allylic oxidation sites excluding steroid dienone is 1. The molecule has 1 aromatic carbocycles. The van der Waals surface area contributed by atoms with Crippen molar-refractivity contribution in [2.24, 2.45) is 0 Å². The van der Waals surface area contributed by atoms with E-state index in [4.69, 9.17) is 0 Å². The summed E-state index contributed by atoms with van der Waals surface area (Å²) in [5.74, 6) is 0. The van der Waals surface area contributed by atoms with E-state index in [2.05, 4.69) is 43.1 Å². The normalized spacial score (nSPS) is 14.2. The second kappa shape index (κ2) is 2.86. The van der Waals surface area contributed by atoms with E-state index >= 15 is 0 Å². The molecule has 1 aliphatic heterocycles. The Balaban J connectivity index is 2.49. The van der Waals surface area contributed by atoms with Crippen molar-refractivity contribution in [1.29, 1.82) is 0 Å². The van der Waals surface area contributed by atoms with Gasteiger partial charge < -0.3 is 4.90 Å². The van der Waals surface area contributed by atoms with E-state index in [9.17, 15) is 0 Å². The molecule has 1 heterocycles. The smallest absolute Gasteiger partial charge is 0.0484 e. The van der Waals surface area contributed by atoms with Crippen molar-refractivity contribution in [3.63, 3.8) is 0 Å². The van der Waals surface area contributed by atoms with Crippen LogP contribution in [0.4, 0.5) is 5.69 Å². The highest BCUT2D eigenvalue weighted by molar-refractivity contribution is 5.60. The summed E-state index contributed by atoms with van der Waals surface area (Å²) in [5, 5.41) is 0. The van der Waals surface area contributed by atoms with Crippen LogP contribution < -0.4 is 4.90 Å². The Morgan fingerprint density at radius 1 is 1.33 bits per heavy atom. The summed E-state index contributed by atoms with van der Waals surface area (Å²) >= 11 is 0. The van der Waals surface area contributed by atoms with Crippen LogP contribution in [0, 0.1) is 0 Å². The summed E-state index contributed by atoms with van der Waals surface area (Å²) in [6.07, 6.45) is 7.05. The number of rotatable bonds is 1. The molecular formula is C11H11N. The fourth-order valence-corrected chi connectivity index (χ4v) is 1.47. The Morgan fingerprint density at radius 2 is 2.17 bits per heavy atom. The van der Waals surface area contributed by atoms with E-state index in [1.54, 1.807) is 0 Å². The summed E-state index contributed by atoms with van der Waals surface area (Å²) in [5.41, 5.74) is 2.61. The van der Waals surface area contributed by atoms with Gasteiger partial charge >= 0.3 is 0 Å². The third-order valence-electron chi connectivity index (χ3n) is 2.07. The van der Waals surface area contributed by atoms with Crippen LogP contribution in [0.1, 0.15) is 5.56 Å². The fraction of sp³-hybridized carbons (Fsp3) is 0.0909. The number of hydrogen-bond acceptors (Lipinski definition) is 1. The quantitative estimate of drug-likeness (QED) is 0.605. The summed E-state index contributed by atoms with van der Waals surface area (Å²) < 4.78 is 0. The molecule has 0 aromatic heterocycles. The maximum Gasteiger partial charge on any atom is 0.0484 e. The molecule has 60 valence electrons. The number of hydrogen-bond donors (Lipinski definition) is 0. The van der Waals surface area contributed by atoms with Crippen molar-refractivity contribution < 1.29 is 0 Å². The Hall–Kier alpha value is -1.50. The highest BCUT2D eigenvalue weighted by Crippen LogP contribution is 2.24. The van der Waals surface area contributed by atoms with Gasteiger partial charge in [0.25, 0.3) is 0 Å². The molecule has 1 aliphatic rings. The number of benzene rings is 1. The summed E-state index contributed by atoms with van der Waals surface area (Å²) in [7, 11) is 0. The van der Waals surface area contributed by atoms with Crippen LogP contribution >= 0.6 is 0 Å². The SMILES string of the molecule is C=CN1C=CCc2ccccc21. The second-order valence-electron chi connectivity index (χ2n) is 2.81. The molecule has 0 N–H and O–H groups in total. The van der Waals surface area contributed by atoms with Crippen LogP contribution in [0.5, 0.6) is 0 Å². The van der Waals surface area contributed by atoms with Crippen LogP contribution in [-0.4, -0.2) is 0 Å². The van der Waals surface area contributed by atoms with Gasteiger partial charge in [-0.15, -0.1) is 0 Å². The molecule has 0 saturated carbocycles. The lowest BCUT2D eigenvalue weighted by atomic mass is 10.1. The van der Waals surface area contributed by atoms with Gasteiger partial charge in [-0.1, -0.05) is 30.9 Å². The van der Waals surface area contributed by atoms with E-state index in [-0.39, 0.29) is 0 Å². The molecule has 0 spiro atoms. The molecule has 1 aromatic rings. The standard InChI is InChI=1S/C11H11N/c1-2-12-9-5-7-10-6-3-4-8-11(10)12/h2-6,8-9H,1,7H2. The van der Waals surface area contributed by atoms with Crippen molar-refractivity contribution in [2.75, 3.05) is 4.90 Å². The number of anilines is 1. The monoisotopic (exact) mass is 157 g/mol.